The molecule has 0 saturated carbocycles. The largest absolute Gasteiger partial charge is 0.353 e. The number of hydrogen-bond acceptors (Lipinski definition) is 4. The van der Waals surface area contributed by atoms with Crippen LogP contribution in [0.3, 0.4) is 0 Å². The highest BCUT2D eigenvalue weighted by Crippen LogP contribution is 2.40. The van der Waals surface area contributed by atoms with Crippen molar-refractivity contribution in [3.8, 4) is 0 Å². The second kappa shape index (κ2) is 5.62. The van der Waals surface area contributed by atoms with Crippen molar-refractivity contribution < 1.29 is 9.18 Å². The lowest BCUT2D eigenvalue weighted by molar-refractivity contribution is 0.0934. The van der Waals surface area contributed by atoms with E-state index in [0.29, 0.717) is 5.56 Å². The summed E-state index contributed by atoms with van der Waals surface area (Å²) in [6.07, 6.45) is 0.382. The van der Waals surface area contributed by atoms with Gasteiger partial charge in [-0.3, -0.25) is 9.69 Å². The number of hydrogen-bond donors (Lipinski definition) is 2. The summed E-state index contributed by atoms with van der Waals surface area (Å²) in [7, 11) is 0. The third-order valence-corrected chi connectivity index (χ3v) is 5.73. The van der Waals surface area contributed by atoms with Crippen LogP contribution in [-0.2, 0) is 13.0 Å². The lowest BCUT2D eigenvalue weighted by atomic mass is 10.0. The molecule has 0 bridgehead atoms. The van der Waals surface area contributed by atoms with Gasteiger partial charge in [0.1, 0.15) is 17.0 Å². The van der Waals surface area contributed by atoms with E-state index in [2.05, 4.69) is 22.5 Å². The topological polar surface area (TPSA) is 44.4 Å². The molecule has 120 valence electrons. The van der Waals surface area contributed by atoms with Gasteiger partial charge in [-0.1, -0.05) is 25.1 Å². The maximum Gasteiger partial charge on any atom is 0.256 e. The van der Waals surface area contributed by atoms with E-state index in [9.17, 15) is 9.18 Å². The molecule has 0 saturated heterocycles. The Balaban J connectivity index is 1.69. The molecule has 0 unspecified atom stereocenters. The molecule has 0 aliphatic carbocycles. The van der Waals surface area contributed by atoms with E-state index in [1.807, 2.05) is 0 Å². The Morgan fingerprint density at radius 2 is 2.17 bits per heavy atom. The molecule has 4 nitrogen and oxygen atoms in total. The Labute approximate surface area is 138 Å². The highest BCUT2D eigenvalue weighted by atomic mass is 32.1. The van der Waals surface area contributed by atoms with Crippen molar-refractivity contribution in [1.29, 1.82) is 0 Å². The second-order valence-corrected chi connectivity index (χ2v) is 7.00. The zero-order valence-corrected chi connectivity index (χ0v) is 13.7. The van der Waals surface area contributed by atoms with Crippen LogP contribution in [0.4, 0.5) is 9.39 Å². The van der Waals surface area contributed by atoms with Gasteiger partial charge in [0.05, 0.1) is 5.56 Å². The normalized spacial score (nSPS) is 20.4. The summed E-state index contributed by atoms with van der Waals surface area (Å²) in [6, 6.07) is 6.54. The molecule has 0 radical (unpaired) electrons. The number of fused-ring (bicyclic) bond motifs is 3. The summed E-state index contributed by atoms with van der Waals surface area (Å²) in [6.45, 7) is 5.04. The summed E-state index contributed by atoms with van der Waals surface area (Å²) >= 11 is 1.63. The Morgan fingerprint density at radius 3 is 2.96 bits per heavy atom. The first-order valence-electron chi connectivity index (χ1n) is 7.86. The molecule has 1 aromatic carbocycles. The standard InChI is InChI=1S/C17H18FN3OS/c1-2-21-8-7-11-13(9-21)23-17-14(11)16(22)19-15(20-17)10-5-3-4-6-12(10)18/h3-6,15,20H,2,7-9H2,1H3,(H,19,22)/t15-/m0/s1. The highest BCUT2D eigenvalue weighted by molar-refractivity contribution is 7.16. The Morgan fingerprint density at radius 1 is 1.35 bits per heavy atom. The minimum atomic E-state index is -0.515. The molecule has 0 spiro atoms. The van der Waals surface area contributed by atoms with E-state index in [1.165, 1.54) is 10.9 Å². The number of amides is 1. The molecule has 1 atom stereocenters. The monoisotopic (exact) mass is 331 g/mol. The molecule has 1 aromatic heterocycles. The van der Waals surface area contributed by atoms with Gasteiger partial charge in [0.15, 0.2) is 0 Å². The maximum absolute atomic E-state index is 14.0. The third-order valence-electron chi connectivity index (χ3n) is 4.58. The van der Waals surface area contributed by atoms with Crippen molar-refractivity contribution in [3.05, 3.63) is 51.7 Å². The third kappa shape index (κ3) is 2.42. The first-order chi connectivity index (χ1) is 11.2. The minimum absolute atomic E-state index is 0.102. The van der Waals surface area contributed by atoms with Crippen molar-refractivity contribution in [1.82, 2.24) is 10.2 Å². The Kier molecular flexibility index (Phi) is 3.58. The number of nitrogens with one attached hydrogen (secondary N) is 2. The fraction of sp³-hybridized carbons (Fsp3) is 0.353. The smallest absolute Gasteiger partial charge is 0.256 e. The van der Waals surface area contributed by atoms with Crippen LogP contribution in [0.5, 0.6) is 0 Å². The summed E-state index contributed by atoms with van der Waals surface area (Å²) in [5, 5.41) is 7.06. The van der Waals surface area contributed by atoms with E-state index in [4.69, 9.17) is 0 Å². The SMILES string of the molecule is CCN1CCc2c(sc3c2C(=O)N[C@H](c2ccccc2F)N3)C1. The van der Waals surface area contributed by atoms with Gasteiger partial charge in [0.2, 0.25) is 0 Å². The molecule has 4 rings (SSSR count). The number of thiophene rings is 1. The fourth-order valence-corrected chi connectivity index (χ4v) is 4.62. The van der Waals surface area contributed by atoms with E-state index in [0.717, 1.165) is 42.2 Å². The van der Waals surface area contributed by atoms with Crippen molar-refractivity contribution >= 4 is 22.2 Å². The van der Waals surface area contributed by atoms with Gasteiger partial charge in [0, 0.05) is 23.5 Å². The van der Waals surface area contributed by atoms with E-state index >= 15 is 0 Å². The predicted molar refractivity (Wildman–Crippen MR) is 89.2 cm³/mol. The molecular formula is C17H18FN3OS. The quantitative estimate of drug-likeness (QED) is 0.889. The average molecular weight is 331 g/mol. The lowest BCUT2D eigenvalue weighted by Gasteiger charge is -2.28. The van der Waals surface area contributed by atoms with Crippen molar-refractivity contribution in [2.45, 2.75) is 26.1 Å². The average Bonchev–Trinajstić information content (AvgIpc) is 2.92. The fourth-order valence-electron chi connectivity index (χ4n) is 3.30. The van der Waals surface area contributed by atoms with Gasteiger partial charge in [-0.2, -0.15) is 0 Å². The number of benzene rings is 1. The first-order valence-corrected chi connectivity index (χ1v) is 8.67. The Bertz CT molecular complexity index is 773. The highest BCUT2D eigenvalue weighted by Gasteiger charge is 2.33. The van der Waals surface area contributed by atoms with Crippen LogP contribution in [0.25, 0.3) is 0 Å². The molecule has 6 heteroatoms. The molecule has 3 heterocycles. The number of anilines is 1. The van der Waals surface area contributed by atoms with E-state index in [-0.39, 0.29) is 11.7 Å². The van der Waals surface area contributed by atoms with Crippen molar-refractivity contribution in [2.24, 2.45) is 0 Å². The lowest BCUT2D eigenvalue weighted by Crippen LogP contribution is -2.39. The maximum atomic E-state index is 14.0. The first kappa shape index (κ1) is 14.7. The number of carbonyl (C=O) groups is 1. The Hall–Kier alpha value is -1.92. The van der Waals surface area contributed by atoms with Crippen LogP contribution in [0, 0.1) is 5.82 Å². The van der Waals surface area contributed by atoms with Crippen molar-refractivity contribution in [3.63, 3.8) is 0 Å². The van der Waals surface area contributed by atoms with Crippen LogP contribution < -0.4 is 10.6 Å². The van der Waals surface area contributed by atoms with Crippen LogP contribution in [-0.4, -0.2) is 23.9 Å². The van der Waals surface area contributed by atoms with Gasteiger partial charge in [-0.25, -0.2) is 4.39 Å². The summed E-state index contributed by atoms with van der Waals surface area (Å²) in [5.41, 5.74) is 2.38. The number of halogens is 1. The molecule has 2 aliphatic heterocycles. The number of rotatable bonds is 2. The summed E-state index contributed by atoms with van der Waals surface area (Å²) in [5.74, 6) is -0.415. The van der Waals surface area contributed by atoms with Crippen LogP contribution in [0.2, 0.25) is 0 Å². The van der Waals surface area contributed by atoms with Gasteiger partial charge in [-0.05, 0) is 24.6 Å². The van der Waals surface area contributed by atoms with E-state index < -0.39 is 6.17 Å². The molecule has 0 fully saturated rings. The van der Waals surface area contributed by atoms with Gasteiger partial charge >= 0.3 is 0 Å². The van der Waals surface area contributed by atoms with Gasteiger partial charge < -0.3 is 10.6 Å². The number of likely N-dealkylation sites (N-methyl/N-ethyl adjacent to an activating group) is 1. The van der Waals surface area contributed by atoms with Crippen LogP contribution >= 0.6 is 11.3 Å². The second-order valence-electron chi connectivity index (χ2n) is 5.90. The van der Waals surface area contributed by atoms with Crippen LogP contribution in [0.15, 0.2) is 24.3 Å². The van der Waals surface area contributed by atoms with Gasteiger partial charge in [0.25, 0.3) is 5.91 Å². The van der Waals surface area contributed by atoms with E-state index in [1.54, 1.807) is 29.5 Å². The minimum Gasteiger partial charge on any atom is -0.353 e. The van der Waals surface area contributed by atoms with Crippen LogP contribution in [0.1, 0.15) is 39.5 Å². The summed E-state index contributed by atoms with van der Waals surface area (Å²) < 4.78 is 14.0. The molecule has 2 aromatic rings. The summed E-state index contributed by atoms with van der Waals surface area (Å²) in [4.78, 5) is 16.2. The molecule has 2 N–H and O–H groups in total. The molecule has 23 heavy (non-hydrogen) atoms. The number of carbonyl (C=O) groups excluding carboxylic acids is 1. The van der Waals surface area contributed by atoms with Gasteiger partial charge in [-0.15, -0.1) is 11.3 Å². The zero-order valence-electron chi connectivity index (χ0n) is 12.9. The van der Waals surface area contributed by atoms with Crippen molar-refractivity contribution in [2.75, 3.05) is 18.4 Å². The molecular weight excluding hydrogens is 313 g/mol. The number of nitrogens with zero attached hydrogens (tertiary/aromatic N) is 1. The zero-order chi connectivity index (χ0) is 16.0. The predicted octanol–water partition coefficient (Wildman–Crippen LogP) is 3.12. The molecule has 1 amide bonds. The molecule has 2 aliphatic rings.